The van der Waals surface area contributed by atoms with Crippen LogP contribution in [-0.2, 0) is 0 Å². The highest BCUT2D eigenvalue weighted by Crippen LogP contribution is 2.00. The van der Waals surface area contributed by atoms with Crippen molar-refractivity contribution >= 4 is 17.6 Å². The van der Waals surface area contributed by atoms with Crippen LogP contribution in [0.25, 0.3) is 0 Å². The van der Waals surface area contributed by atoms with Crippen molar-refractivity contribution in [3.05, 3.63) is 28.8 Å². The minimum Gasteiger partial charge on any atom is -0.428 e. The highest BCUT2D eigenvalue weighted by atomic mass is 35.5. The predicted molar refractivity (Wildman–Crippen MR) is 55.9 cm³/mol. The van der Waals surface area contributed by atoms with E-state index in [1.54, 1.807) is 0 Å². The van der Waals surface area contributed by atoms with Crippen molar-refractivity contribution in [1.29, 1.82) is 0 Å². The SMILES string of the molecule is CC(C)NC(=O)N=c1ccn(O)c(Cl)c1. The lowest BCUT2D eigenvalue weighted by atomic mass is 10.4. The van der Waals surface area contributed by atoms with Gasteiger partial charge in [-0.1, -0.05) is 11.6 Å². The number of rotatable bonds is 1. The number of hydrogen-bond donors (Lipinski definition) is 2. The van der Waals surface area contributed by atoms with E-state index in [4.69, 9.17) is 16.8 Å². The third kappa shape index (κ3) is 3.63. The van der Waals surface area contributed by atoms with E-state index in [1.807, 2.05) is 13.8 Å². The molecule has 0 saturated carbocycles. The van der Waals surface area contributed by atoms with Gasteiger partial charge in [-0.25, -0.2) is 4.79 Å². The fourth-order valence-corrected chi connectivity index (χ4v) is 1.09. The lowest BCUT2D eigenvalue weighted by Gasteiger charge is -2.03. The Morgan fingerprint density at radius 1 is 1.67 bits per heavy atom. The molecule has 0 saturated heterocycles. The third-order valence-electron chi connectivity index (χ3n) is 1.52. The number of nitrogens with zero attached hydrogens (tertiary/aromatic N) is 2. The van der Waals surface area contributed by atoms with E-state index in [1.165, 1.54) is 18.3 Å². The van der Waals surface area contributed by atoms with Crippen molar-refractivity contribution in [2.45, 2.75) is 19.9 Å². The molecule has 0 bridgehead atoms. The molecule has 0 radical (unpaired) electrons. The van der Waals surface area contributed by atoms with Gasteiger partial charge in [-0.05, 0) is 19.9 Å². The van der Waals surface area contributed by atoms with Gasteiger partial charge in [0.25, 0.3) is 0 Å². The zero-order chi connectivity index (χ0) is 11.4. The van der Waals surface area contributed by atoms with Gasteiger partial charge in [-0.2, -0.15) is 9.72 Å². The predicted octanol–water partition coefficient (Wildman–Crippen LogP) is 1.40. The van der Waals surface area contributed by atoms with Crippen molar-refractivity contribution < 1.29 is 10.0 Å². The fraction of sp³-hybridized carbons (Fsp3) is 0.333. The Labute approximate surface area is 92.0 Å². The fourth-order valence-electron chi connectivity index (χ4n) is 0.920. The van der Waals surface area contributed by atoms with E-state index in [0.29, 0.717) is 5.36 Å². The summed E-state index contributed by atoms with van der Waals surface area (Å²) in [7, 11) is 0. The Morgan fingerprint density at radius 3 is 2.87 bits per heavy atom. The first-order valence-corrected chi connectivity index (χ1v) is 4.79. The number of amides is 2. The molecule has 6 heteroatoms. The van der Waals surface area contributed by atoms with Crippen LogP contribution >= 0.6 is 11.6 Å². The number of halogens is 1. The average Bonchev–Trinajstić information content (AvgIpc) is 2.10. The Bertz CT molecular complexity index is 426. The van der Waals surface area contributed by atoms with Gasteiger partial charge < -0.3 is 10.5 Å². The summed E-state index contributed by atoms with van der Waals surface area (Å²) in [5.74, 6) is 0. The second-order valence-corrected chi connectivity index (χ2v) is 3.66. The first kappa shape index (κ1) is 11.6. The Balaban J connectivity index is 2.91. The van der Waals surface area contributed by atoms with E-state index in [0.717, 1.165) is 4.73 Å². The molecule has 0 fully saturated rings. The molecule has 0 aliphatic carbocycles. The molecule has 1 heterocycles. The Kier molecular flexibility index (Phi) is 3.74. The van der Waals surface area contributed by atoms with Crippen LogP contribution in [-0.4, -0.2) is 22.0 Å². The normalized spacial score (nSPS) is 11.9. The summed E-state index contributed by atoms with van der Waals surface area (Å²) in [6.45, 7) is 3.68. The minimum atomic E-state index is -0.434. The quantitative estimate of drug-likeness (QED) is 0.565. The number of carbonyl (C=O) groups excluding carboxylic acids is 1. The van der Waals surface area contributed by atoms with Gasteiger partial charge in [-0.15, -0.1) is 0 Å². The molecule has 1 aromatic heterocycles. The number of hydrogen-bond acceptors (Lipinski definition) is 2. The minimum absolute atomic E-state index is 0.0308. The summed E-state index contributed by atoms with van der Waals surface area (Å²) < 4.78 is 0.737. The van der Waals surface area contributed by atoms with Crippen LogP contribution in [0, 0.1) is 0 Å². The van der Waals surface area contributed by atoms with Gasteiger partial charge in [0.2, 0.25) is 0 Å². The monoisotopic (exact) mass is 229 g/mol. The first-order valence-electron chi connectivity index (χ1n) is 4.41. The highest BCUT2D eigenvalue weighted by Gasteiger charge is 2.00. The van der Waals surface area contributed by atoms with Crippen LogP contribution in [0.5, 0.6) is 0 Å². The molecule has 0 aromatic carbocycles. The molecule has 0 atom stereocenters. The summed E-state index contributed by atoms with van der Waals surface area (Å²) >= 11 is 5.62. The largest absolute Gasteiger partial charge is 0.428 e. The Hall–Kier alpha value is -1.49. The van der Waals surface area contributed by atoms with Gasteiger partial charge in [0.15, 0.2) is 0 Å². The zero-order valence-corrected chi connectivity index (χ0v) is 9.19. The maximum absolute atomic E-state index is 11.2. The first-order chi connectivity index (χ1) is 6.99. The third-order valence-corrected chi connectivity index (χ3v) is 1.80. The molecule has 0 spiro atoms. The molecular weight excluding hydrogens is 218 g/mol. The van der Waals surface area contributed by atoms with Gasteiger partial charge in [0, 0.05) is 18.3 Å². The van der Waals surface area contributed by atoms with Crippen LogP contribution in [0.15, 0.2) is 23.3 Å². The van der Waals surface area contributed by atoms with Crippen LogP contribution in [0.1, 0.15) is 13.8 Å². The van der Waals surface area contributed by atoms with Crippen molar-refractivity contribution in [1.82, 2.24) is 10.0 Å². The van der Waals surface area contributed by atoms with E-state index >= 15 is 0 Å². The second kappa shape index (κ2) is 4.84. The lowest BCUT2D eigenvalue weighted by molar-refractivity contribution is 0.185. The van der Waals surface area contributed by atoms with Crippen LogP contribution in [0.2, 0.25) is 5.15 Å². The van der Waals surface area contributed by atoms with Crippen molar-refractivity contribution in [2.75, 3.05) is 0 Å². The standard InChI is InChI=1S/C9H12ClN3O2/c1-6(2)11-9(14)12-7-3-4-13(15)8(10)5-7/h3-6,15H,1-2H3,(H,11,14). The molecule has 0 aliphatic rings. The summed E-state index contributed by atoms with van der Waals surface area (Å²) in [4.78, 5) is 15.0. The van der Waals surface area contributed by atoms with E-state index in [-0.39, 0.29) is 11.2 Å². The molecular formula is C9H12ClN3O2. The smallest absolute Gasteiger partial charge is 0.341 e. The molecule has 2 N–H and O–H groups in total. The van der Waals surface area contributed by atoms with Crippen LogP contribution in [0.4, 0.5) is 4.79 Å². The van der Waals surface area contributed by atoms with Crippen molar-refractivity contribution in [3.8, 4) is 0 Å². The Morgan fingerprint density at radius 2 is 2.33 bits per heavy atom. The molecule has 1 rings (SSSR count). The number of nitrogens with one attached hydrogen (secondary N) is 1. The molecule has 0 aliphatic heterocycles. The molecule has 82 valence electrons. The van der Waals surface area contributed by atoms with E-state index in [9.17, 15) is 4.79 Å². The molecule has 1 aromatic rings. The second-order valence-electron chi connectivity index (χ2n) is 3.27. The summed E-state index contributed by atoms with van der Waals surface area (Å²) in [5.41, 5.74) is 0. The van der Waals surface area contributed by atoms with Crippen LogP contribution < -0.4 is 10.7 Å². The summed E-state index contributed by atoms with van der Waals surface area (Å²) in [6.07, 6.45) is 1.31. The lowest BCUT2D eigenvalue weighted by Crippen LogP contribution is -2.28. The van der Waals surface area contributed by atoms with Crippen LogP contribution in [0.3, 0.4) is 0 Å². The van der Waals surface area contributed by atoms with Crippen molar-refractivity contribution in [3.63, 3.8) is 0 Å². The van der Waals surface area contributed by atoms with E-state index < -0.39 is 6.03 Å². The highest BCUT2D eigenvalue weighted by molar-refractivity contribution is 6.29. The summed E-state index contributed by atoms with van der Waals surface area (Å²) in [6, 6.07) is 2.47. The summed E-state index contributed by atoms with van der Waals surface area (Å²) in [5, 5.41) is 12.2. The van der Waals surface area contributed by atoms with Gasteiger partial charge in [-0.3, -0.25) is 0 Å². The maximum atomic E-state index is 11.2. The van der Waals surface area contributed by atoms with Gasteiger partial charge >= 0.3 is 6.03 Å². The average molecular weight is 230 g/mol. The number of urea groups is 1. The van der Waals surface area contributed by atoms with Gasteiger partial charge in [0.1, 0.15) is 5.15 Å². The number of aromatic nitrogens is 1. The number of pyridine rings is 1. The van der Waals surface area contributed by atoms with E-state index in [2.05, 4.69) is 10.3 Å². The van der Waals surface area contributed by atoms with Gasteiger partial charge in [0.05, 0.1) is 5.36 Å². The molecule has 5 nitrogen and oxygen atoms in total. The molecule has 15 heavy (non-hydrogen) atoms. The topological polar surface area (TPSA) is 66.6 Å². The number of carbonyl (C=O) groups is 1. The zero-order valence-electron chi connectivity index (χ0n) is 8.44. The maximum Gasteiger partial charge on any atom is 0.341 e. The van der Waals surface area contributed by atoms with Crippen molar-refractivity contribution in [2.24, 2.45) is 4.99 Å². The molecule has 2 amide bonds. The molecule has 0 unspecified atom stereocenters.